The van der Waals surface area contributed by atoms with Crippen molar-refractivity contribution < 1.29 is 0 Å². The summed E-state index contributed by atoms with van der Waals surface area (Å²) in [6, 6.07) is 4.05. The van der Waals surface area contributed by atoms with Gasteiger partial charge in [-0.2, -0.15) is 0 Å². The second-order valence-electron chi connectivity index (χ2n) is 4.91. The van der Waals surface area contributed by atoms with Crippen molar-refractivity contribution in [3.8, 4) is 10.6 Å². The van der Waals surface area contributed by atoms with E-state index in [0.29, 0.717) is 0 Å². The second kappa shape index (κ2) is 8.12. The van der Waals surface area contributed by atoms with E-state index in [9.17, 15) is 0 Å². The van der Waals surface area contributed by atoms with Gasteiger partial charge in [-0.15, -0.1) is 11.3 Å². The van der Waals surface area contributed by atoms with E-state index in [1.807, 2.05) is 12.3 Å². The molecule has 0 saturated carbocycles. The molecule has 0 spiro atoms. The highest BCUT2D eigenvalue weighted by atomic mass is 32.1. The Hall–Kier alpha value is -1.26. The Morgan fingerprint density at radius 2 is 2.15 bits per heavy atom. The lowest BCUT2D eigenvalue weighted by atomic mass is 10.2. The molecule has 0 aliphatic heterocycles. The van der Waals surface area contributed by atoms with Crippen molar-refractivity contribution in [3.05, 3.63) is 35.1 Å². The van der Waals surface area contributed by atoms with E-state index in [0.717, 1.165) is 36.5 Å². The summed E-state index contributed by atoms with van der Waals surface area (Å²) in [5.74, 6) is 0. The molecule has 2 rings (SSSR count). The quantitative estimate of drug-likeness (QED) is 0.745. The van der Waals surface area contributed by atoms with Crippen molar-refractivity contribution in [1.29, 1.82) is 0 Å². The molecule has 0 aromatic carbocycles. The number of aryl methyl sites for hydroxylation is 1. The number of nitrogens with zero attached hydrogens (tertiary/aromatic N) is 2. The fourth-order valence-corrected chi connectivity index (χ4v) is 3.14. The van der Waals surface area contributed by atoms with Crippen molar-refractivity contribution in [2.24, 2.45) is 0 Å². The van der Waals surface area contributed by atoms with Crippen molar-refractivity contribution in [1.82, 2.24) is 15.3 Å². The first-order valence-corrected chi connectivity index (χ1v) is 8.26. The largest absolute Gasteiger partial charge is 0.312 e. The smallest absolute Gasteiger partial charge is 0.125 e. The Kier molecular flexibility index (Phi) is 6.15. The fraction of sp³-hybridized carbons (Fsp3) is 0.500. The highest BCUT2D eigenvalue weighted by Gasteiger charge is 2.11. The Morgan fingerprint density at radius 3 is 2.85 bits per heavy atom. The van der Waals surface area contributed by atoms with Gasteiger partial charge in [0, 0.05) is 29.4 Å². The van der Waals surface area contributed by atoms with Crippen LogP contribution in [-0.4, -0.2) is 16.5 Å². The van der Waals surface area contributed by atoms with Gasteiger partial charge in [-0.3, -0.25) is 4.98 Å². The van der Waals surface area contributed by atoms with Crippen LogP contribution in [0.1, 0.15) is 43.7 Å². The van der Waals surface area contributed by atoms with Crippen LogP contribution in [0.4, 0.5) is 0 Å². The van der Waals surface area contributed by atoms with Gasteiger partial charge in [-0.05, 0) is 31.5 Å². The van der Waals surface area contributed by atoms with Crippen molar-refractivity contribution in [2.45, 2.75) is 46.1 Å². The molecule has 2 heterocycles. The minimum Gasteiger partial charge on any atom is -0.312 e. The lowest BCUT2D eigenvalue weighted by Gasteiger charge is -2.03. The Labute approximate surface area is 125 Å². The standard InChI is InChI=1S/C16H23N3S/c1-3-5-9-18-12-15-14(7-4-2)19-16(20-15)13-8-6-10-17-11-13/h6,8,10-11,18H,3-5,7,9,12H2,1-2H3. The Balaban J connectivity index is 2.11. The number of pyridine rings is 1. The van der Waals surface area contributed by atoms with Gasteiger partial charge in [0.15, 0.2) is 0 Å². The summed E-state index contributed by atoms with van der Waals surface area (Å²) >= 11 is 1.80. The topological polar surface area (TPSA) is 37.8 Å². The molecule has 0 unspecified atom stereocenters. The SMILES string of the molecule is CCCCNCc1sc(-c2cccnc2)nc1CCC. The predicted octanol–water partition coefficient (Wildman–Crippen LogP) is 4.05. The Bertz CT molecular complexity index is 508. The average Bonchev–Trinajstić information content (AvgIpc) is 2.88. The summed E-state index contributed by atoms with van der Waals surface area (Å²) in [6.07, 6.45) is 8.36. The molecule has 4 heteroatoms. The first kappa shape index (κ1) is 15.1. The van der Waals surface area contributed by atoms with Crippen LogP contribution in [0.3, 0.4) is 0 Å². The summed E-state index contributed by atoms with van der Waals surface area (Å²) in [4.78, 5) is 10.4. The molecule has 0 atom stereocenters. The molecule has 0 radical (unpaired) electrons. The zero-order valence-electron chi connectivity index (χ0n) is 12.4. The summed E-state index contributed by atoms with van der Waals surface area (Å²) in [5, 5.41) is 4.61. The molecule has 108 valence electrons. The molecular formula is C16H23N3S. The van der Waals surface area contributed by atoms with Gasteiger partial charge in [0.1, 0.15) is 5.01 Å². The van der Waals surface area contributed by atoms with E-state index >= 15 is 0 Å². The number of rotatable bonds is 8. The van der Waals surface area contributed by atoms with E-state index in [1.54, 1.807) is 17.5 Å². The van der Waals surface area contributed by atoms with Gasteiger partial charge in [0.25, 0.3) is 0 Å². The number of thiazole rings is 1. The van der Waals surface area contributed by atoms with Crippen LogP contribution in [0, 0.1) is 0 Å². The zero-order valence-corrected chi connectivity index (χ0v) is 13.2. The fourth-order valence-electron chi connectivity index (χ4n) is 2.07. The lowest BCUT2D eigenvalue weighted by Crippen LogP contribution is -2.14. The van der Waals surface area contributed by atoms with E-state index < -0.39 is 0 Å². The first-order chi connectivity index (χ1) is 9.85. The van der Waals surface area contributed by atoms with E-state index in [-0.39, 0.29) is 0 Å². The van der Waals surface area contributed by atoms with Crippen molar-refractivity contribution in [3.63, 3.8) is 0 Å². The summed E-state index contributed by atoms with van der Waals surface area (Å²) < 4.78 is 0. The molecular weight excluding hydrogens is 266 g/mol. The molecule has 2 aromatic heterocycles. The normalized spacial score (nSPS) is 10.9. The minimum absolute atomic E-state index is 0.938. The molecule has 0 amide bonds. The Morgan fingerprint density at radius 1 is 1.25 bits per heavy atom. The van der Waals surface area contributed by atoms with Gasteiger partial charge in [-0.25, -0.2) is 4.98 Å². The molecule has 1 N–H and O–H groups in total. The number of aromatic nitrogens is 2. The minimum atomic E-state index is 0.938. The third-order valence-corrected chi connectivity index (χ3v) is 4.31. The highest BCUT2D eigenvalue weighted by Crippen LogP contribution is 2.28. The molecule has 2 aromatic rings. The zero-order chi connectivity index (χ0) is 14.2. The van der Waals surface area contributed by atoms with Crippen LogP contribution in [0.5, 0.6) is 0 Å². The van der Waals surface area contributed by atoms with Crippen LogP contribution in [0.25, 0.3) is 10.6 Å². The monoisotopic (exact) mass is 289 g/mol. The van der Waals surface area contributed by atoms with Gasteiger partial charge in [0.05, 0.1) is 5.69 Å². The molecule has 0 bridgehead atoms. The van der Waals surface area contributed by atoms with Gasteiger partial charge >= 0.3 is 0 Å². The molecule has 3 nitrogen and oxygen atoms in total. The van der Waals surface area contributed by atoms with Crippen molar-refractivity contribution in [2.75, 3.05) is 6.54 Å². The van der Waals surface area contributed by atoms with E-state index in [2.05, 4.69) is 30.2 Å². The number of hydrogen-bond acceptors (Lipinski definition) is 4. The van der Waals surface area contributed by atoms with Crippen LogP contribution in [0.15, 0.2) is 24.5 Å². The molecule has 0 aliphatic carbocycles. The van der Waals surface area contributed by atoms with Crippen molar-refractivity contribution >= 4 is 11.3 Å². The molecule has 0 fully saturated rings. The lowest BCUT2D eigenvalue weighted by molar-refractivity contribution is 0.641. The van der Waals surface area contributed by atoms with Crippen LogP contribution in [0.2, 0.25) is 0 Å². The van der Waals surface area contributed by atoms with E-state index in [4.69, 9.17) is 4.98 Å². The second-order valence-corrected chi connectivity index (χ2v) is 5.99. The highest BCUT2D eigenvalue weighted by molar-refractivity contribution is 7.15. The number of hydrogen-bond donors (Lipinski definition) is 1. The predicted molar refractivity (Wildman–Crippen MR) is 86.0 cm³/mol. The van der Waals surface area contributed by atoms with Gasteiger partial charge < -0.3 is 5.32 Å². The maximum absolute atomic E-state index is 4.81. The maximum Gasteiger partial charge on any atom is 0.125 e. The van der Waals surface area contributed by atoms with Crippen LogP contribution in [-0.2, 0) is 13.0 Å². The molecule has 0 saturated heterocycles. The van der Waals surface area contributed by atoms with Gasteiger partial charge in [0.2, 0.25) is 0 Å². The third-order valence-electron chi connectivity index (χ3n) is 3.17. The summed E-state index contributed by atoms with van der Waals surface area (Å²) in [5.41, 5.74) is 2.37. The third kappa shape index (κ3) is 4.12. The summed E-state index contributed by atoms with van der Waals surface area (Å²) in [7, 11) is 0. The van der Waals surface area contributed by atoms with Gasteiger partial charge in [-0.1, -0.05) is 26.7 Å². The first-order valence-electron chi connectivity index (χ1n) is 7.44. The number of nitrogens with one attached hydrogen (secondary N) is 1. The maximum atomic E-state index is 4.81. The van der Waals surface area contributed by atoms with Crippen LogP contribution >= 0.6 is 11.3 Å². The average molecular weight is 289 g/mol. The molecule has 20 heavy (non-hydrogen) atoms. The van der Waals surface area contributed by atoms with E-state index in [1.165, 1.54) is 23.4 Å². The number of unbranched alkanes of at least 4 members (excludes halogenated alkanes) is 1. The summed E-state index contributed by atoms with van der Waals surface area (Å²) in [6.45, 7) is 6.45. The molecule has 0 aliphatic rings. The van der Waals surface area contributed by atoms with Crippen LogP contribution < -0.4 is 5.32 Å².